The number of hydrogen-bond donors (Lipinski definition) is 2. The molecule has 0 aromatic carbocycles. The van der Waals surface area contributed by atoms with Gasteiger partial charge in [-0.2, -0.15) is 18.3 Å². The lowest BCUT2D eigenvalue weighted by Crippen LogP contribution is -2.36. The van der Waals surface area contributed by atoms with Crippen LogP contribution in [0.4, 0.5) is 19.0 Å². The third kappa shape index (κ3) is 2.96. The molecular weight excluding hydrogens is 335 g/mol. The van der Waals surface area contributed by atoms with Gasteiger partial charge in [0.1, 0.15) is 11.0 Å². The first-order valence-electron chi connectivity index (χ1n) is 6.61. The van der Waals surface area contributed by atoms with Crippen molar-refractivity contribution in [3.63, 3.8) is 0 Å². The number of nitrogens with zero attached hydrogens (tertiary/aromatic N) is 3. The molecule has 6 nitrogen and oxygen atoms in total. The van der Waals surface area contributed by atoms with Crippen LogP contribution in [0.1, 0.15) is 27.3 Å². The van der Waals surface area contributed by atoms with Crippen molar-refractivity contribution in [1.82, 2.24) is 20.1 Å². The number of aromatic amines is 1. The molecular formula is C13H11ClF3N5O. The number of nitrogens with one attached hydrogen (secondary N) is 1. The summed E-state index contributed by atoms with van der Waals surface area (Å²) in [6, 6.07) is 2.67. The van der Waals surface area contributed by atoms with E-state index in [9.17, 15) is 18.0 Å². The number of H-pyrrole nitrogens is 1. The van der Waals surface area contributed by atoms with Crippen molar-refractivity contribution in [3.05, 3.63) is 39.8 Å². The third-order valence-corrected chi connectivity index (χ3v) is 3.74. The van der Waals surface area contributed by atoms with Gasteiger partial charge < -0.3 is 10.6 Å². The largest absolute Gasteiger partial charge is 0.435 e. The second-order valence-electron chi connectivity index (χ2n) is 5.11. The monoisotopic (exact) mass is 345 g/mol. The van der Waals surface area contributed by atoms with Crippen LogP contribution in [-0.4, -0.2) is 32.5 Å². The van der Waals surface area contributed by atoms with Gasteiger partial charge in [-0.05, 0) is 12.1 Å². The Morgan fingerprint density at radius 1 is 1.39 bits per heavy atom. The maximum absolute atomic E-state index is 12.9. The number of hydrogen-bond acceptors (Lipinski definition) is 4. The van der Waals surface area contributed by atoms with Crippen molar-refractivity contribution >= 4 is 23.3 Å². The lowest BCUT2D eigenvalue weighted by molar-refractivity contribution is -0.142. The van der Waals surface area contributed by atoms with Gasteiger partial charge in [-0.3, -0.25) is 9.89 Å². The fourth-order valence-electron chi connectivity index (χ4n) is 2.53. The number of anilines is 1. The molecule has 0 unspecified atom stereocenters. The molecule has 0 spiro atoms. The van der Waals surface area contributed by atoms with Crippen molar-refractivity contribution in [2.75, 3.05) is 12.3 Å². The summed E-state index contributed by atoms with van der Waals surface area (Å²) in [5, 5.41) is 5.76. The molecule has 1 aliphatic rings. The van der Waals surface area contributed by atoms with Crippen molar-refractivity contribution < 1.29 is 18.0 Å². The van der Waals surface area contributed by atoms with Gasteiger partial charge in [0.25, 0.3) is 5.91 Å². The average molecular weight is 346 g/mol. The average Bonchev–Trinajstić information content (AvgIpc) is 2.88. The molecule has 0 saturated heterocycles. The molecule has 3 heterocycles. The van der Waals surface area contributed by atoms with E-state index in [-0.39, 0.29) is 41.6 Å². The Morgan fingerprint density at radius 3 is 2.78 bits per heavy atom. The molecule has 2 aromatic heterocycles. The van der Waals surface area contributed by atoms with Crippen LogP contribution in [0.3, 0.4) is 0 Å². The number of amides is 1. The second-order valence-corrected chi connectivity index (χ2v) is 5.49. The minimum atomic E-state index is -4.57. The highest BCUT2D eigenvalue weighted by atomic mass is 35.5. The Bertz CT molecular complexity index is 753. The number of rotatable bonds is 1. The molecule has 3 N–H and O–H groups in total. The standard InChI is InChI=1S/C13H11ClF3N5O/c14-9-3-6(4-10(18)19-9)12(23)22-2-1-8-7(5-22)11(21-20-8)13(15,16)17/h3-4H,1-2,5H2,(H2,18,19)(H,20,21). The van der Waals surface area contributed by atoms with E-state index in [0.29, 0.717) is 5.69 Å². The highest BCUT2D eigenvalue weighted by Crippen LogP contribution is 2.34. The van der Waals surface area contributed by atoms with Crippen molar-refractivity contribution in [1.29, 1.82) is 0 Å². The first kappa shape index (κ1) is 15.6. The van der Waals surface area contributed by atoms with E-state index in [1.165, 1.54) is 17.0 Å². The Balaban J connectivity index is 1.89. The molecule has 0 bridgehead atoms. The summed E-state index contributed by atoms with van der Waals surface area (Å²) in [4.78, 5) is 17.5. The second kappa shape index (κ2) is 5.41. The first-order chi connectivity index (χ1) is 10.8. The van der Waals surface area contributed by atoms with Gasteiger partial charge in [0, 0.05) is 36.3 Å². The van der Waals surface area contributed by atoms with Crippen LogP contribution in [-0.2, 0) is 19.1 Å². The lowest BCUT2D eigenvalue weighted by Gasteiger charge is -2.27. The SMILES string of the molecule is Nc1cc(C(=O)N2CCc3[nH]nc(C(F)(F)F)c3C2)cc(Cl)n1. The van der Waals surface area contributed by atoms with Gasteiger partial charge in [0.15, 0.2) is 5.69 Å². The van der Waals surface area contributed by atoms with Gasteiger partial charge in [0.05, 0.1) is 0 Å². The zero-order chi connectivity index (χ0) is 16.8. The zero-order valence-electron chi connectivity index (χ0n) is 11.6. The number of carbonyl (C=O) groups is 1. The summed E-state index contributed by atoms with van der Waals surface area (Å²) in [6.45, 7) is 0.0878. The highest BCUT2D eigenvalue weighted by Gasteiger charge is 2.39. The molecule has 1 aliphatic heterocycles. The molecule has 0 atom stereocenters. The quantitative estimate of drug-likeness (QED) is 0.776. The summed E-state index contributed by atoms with van der Waals surface area (Å²) < 4.78 is 38.8. The summed E-state index contributed by atoms with van der Waals surface area (Å²) in [5.74, 6) is -0.390. The maximum Gasteiger partial charge on any atom is 0.435 e. The smallest absolute Gasteiger partial charge is 0.384 e. The number of alkyl halides is 3. The minimum Gasteiger partial charge on any atom is -0.384 e. The molecule has 122 valence electrons. The van der Waals surface area contributed by atoms with Crippen LogP contribution < -0.4 is 5.73 Å². The number of nitrogens with two attached hydrogens (primary N) is 1. The summed E-state index contributed by atoms with van der Waals surface area (Å²) >= 11 is 5.76. The summed E-state index contributed by atoms with van der Waals surface area (Å²) in [7, 11) is 0. The van der Waals surface area contributed by atoms with Crippen molar-refractivity contribution in [3.8, 4) is 0 Å². The molecule has 10 heteroatoms. The van der Waals surface area contributed by atoms with Gasteiger partial charge in [-0.15, -0.1) is 0 Å². The molecule has 3 rings (SSSR count). The van der Waals surface area contributed by atoms with Gasteiger partial charge >= 0.3 is 6.18 Å². The Kier molecular flexibility index (Phi) is 3.67. The fraction of sp³-hybridized carbons (Fsp3) is 0.308. The van der Waals surface area contributed by atoms with Crippen molar-refractivity contribution in [2.45, 2.75) is 19.1 Å². The van der Waals surface area contributed by atoms with E-state index in [1.54, 1.807) is 0 Å². The number of nitrogen functional groups attached to an aromatic ring is 1. The van der Waals surface area contributed by atoms with Gasteiger partial charge in [-0.25, -0.2) is 4.98 Å². The Morgan fingerprint density at radius 2 is 2.13 bits per heavy atom. The molecule has 23 heavy (non-hydrogen) atoms. The summed E-state index contributed by atoms with van der Waals surface area (Å²) in [6.07, 6.45) is -4.31. The van der Waals surface area contributed by atoms with Crippen LogP contribution >= 0.6 is 11.6 Å². The molecule has 1 amide bonds. The third-order valence-electron chi connectivity index (χ3n) is 3.55. The topological polar surface area (TPSA) is 87.9 Å². The summed E-state index contributed by atoms with van der Waals surface area (Å²) in [5.41, 5.74) is 5.12. The van der Waals surface area contributed by atoms with E-state index < -0.39 is 17.8 Å². The lowest BCUT2D eigenvalue weighted by atomic mass is 10.0. The van der Waals surface area contributed by atoms with Gasteiger partial charge in [0.2, 0.25) is 0 Å². The first-order valence-corrected chi connectivity index (χ1v) is 6.99. The highest BCUT2D eigenvalue weighted by molar-refractivity contribution is 6.29. The van der Waals surface area contributed by atoms with E-state index in [4.69, 9.17) is 17.3 Å². The molecule has 0 fully saturated rings. The van der Waals surface area contributed by atoms with Crippen LogP contribution in [0.2, 0.25) is 5.15 Å². The number of halogens is 4. The number of carbonyl (C=O) groups excluding carboxylic acids is 1. The number of fused-ring (bicyclic) bond motifs is 1. The predicted molar refractivity (Wildman–Crippen MR) is 75.7 cm³/mol. The normalized spacial score (nSPS) is 14.7. The predicted octanol–water partition coefficient (Wildman–Crippen LogP) is 2.26. The zero-order valence-corrected chi connectivity index (χ0v) is 12.4. The van der Waals surface area contributed by atoms with Crippen LogP contribution in [0.5, 0.6) is 0 Å². The minimum absolute atomic E-state index is 0.00905. The van der Waals surface area contributed by atoms with Gasteiger partial charge in [-0.1, -0.05) is 11.6 Å². The number of pyridine rings is 1. The van der Waals surface area contributed by atoms with Crippen LogP contribution in [0.15, 0.2) is 12.1 Å². The van der Waals surface area contributed by atoms with E-state index >= 15 is 0 Å². The molecule has 2 aromatic rings. The van der Waals surface area contributed by atoms with Crippen LogP contribution in [0, 0.1) is 0 Å². The molecule has 0 aliphatic carbocycles. The maximum atomic E-state index is 12.9. The fourth-order valence-corrected chi connectivity index (χ4v) is 2.74. The Hall–Kier alpha value is -2.29. The molecule has 0 saturated carbocycles. The van der Waals surface area contributed by atoms with E-state index in [2.05, 4.69) is 15.2 Å². The van der Waals surface area contributed by atoms with E-state index in [1.807, 2.05) is 0 Å². The van der Waals surface area contributed by atoms with Crippen molar-refractivity contribution in [2.24, 2.45) is 0 Å². The van der Waals surface area contributed by atoms with E-state index in [0.717, 1.165) is 0 Å². The Labute approximate surface area is 133 Å². The molecule has 0 radical (unpaired) electrons. The number of aromatic nitrogens is 3. The van der Waals surface area contributed by atoms with Crippen LogP contribution in [0.25, 0.3) is 0 Å².